The van der Waals surface area contributed by atoms with Gasteiger partial charge in [-0.15, -0.1) is 0 Å². The van der Waals surface area contributed by atoms with Gasteiger partial charge in [-0.1, -0.05) is 34.1 Å². The third-order valence-electron chi connectivity index (χ3n) is 4.56. The molecule has 2 heteroatoms. The van der Waals surface area contributed by atoms with E-state index in [0.717, 1.165) is 17.8 Å². The van der Waals surface area contributed by atoms with Crippen LogP contribution in [0.2, 0.25) is 0 Å². The van der Waals surface area contributed by atoms with Gasteiger partial charge in [-0.2, -0.15) is 12.6 Å². The molecular weight excluding hydrogens is 226 g/mol. The van der Waals surface area contributed by atoms with E-state index in [1.807, 2.05) is 0 Å². The summed E-state index contributed by atoms with van der Waals surface area (Å²) in [6.45, 7) is 11.9. The van der Waals surface area contributed by atoms with E-state index in [0.29, 0.717) is 0 Å². The molecule has 1 rings (SSSR count). The van der Waals surface area contributed by atoms with Crippen molar-refractivity contribution >= 4 is 12.6 Å². The average molecular weight is 257 g/mol. The van der Waals surface area contributed by atoms with Gasteiger partial charge in [-0.25, -0.2) is 0 Å². The van der Waals surface area contributed by atoms with Gasteiger partial charge in [0.25, 0.3) is 0 Å². The summed E-state index contributed by atoms with van der Waals surface area (Å²) >= 11 is 5.02. The molecule has 0 aromatic rings. The number of rotatable bonds is 3. The lowest BCUT2D eigenvalue weighted by atomic mass is 9.78. The Morgan fingerprint density at radius 3 is 2.71 bits per heavy atom. The smallest absolute Gasteiger partial charge is 0.0144 e. The van der Waals surface area contributed by atoms with E-state index in [1.165, 1.54) is 38.8 Å². The average Bonchev–Trinajstić information content (AvgIpc) is 2.23. The fourth-order valence-electron chi connectivity index (χ4n) is 3.06. The van der Waals surface area contributed by atoms with Crippen molar-refractivity contribution in [3.8, 4) is 0 Å². The van der Waals surface area contributed by atoms with Gasteiger partial charge in [0.2, 0.25) is 0 Å². The van der Waals surface area contributed by atoms with E-state index in [4.69, 9.17) is 12.6 Å². The molecule has 0 saturated carbocycles. The Morgan fingerprint density at radius 2 is 2.12 bits per heavy atom. The van der Waals surface area contributed by atoms with E-state index < -0.39 is 0 Å². The highest BCUT2D eigenvalue weighted by Gasteiger charge is 2.35. The van der Waals surface area contributed by atoms with Crippen LogP contribution in [0, 0.1) is 17.8 Å². The third-order valence-corrected chi connectivity index (χ3v) is 5.11. The molecule has 1 nitrogen and oxygen atoms in total. The largest absolute Gasteiger partial charge is 0.306 e. The van der Waals surface area contributed by atoms with Gasteiger partial charge >= 0.3 is 0 Å². The minimum atomic E-state index is 0.206. The highest BCUT2D eigenvalue weighted by molar-refractivity contribution is 7.81. The molecule has 17 heavy (non-hydrogen) atoms. The second kappa shape index (κ2) is 6.47. The topological polar surface area (TPSA) is 3.24 Å². The zero-order valence-corrected chi connectivity index (χ0v) is 13.3. The molecule has 1 fully saturated rings. The number of hydrogen-bond donors (Lipinski definition) is 1. The fourth-order valence-corrected chi connectivity index (χ4v) is 3.56. The van der Waals surface area contributed by atoms with Crippen molar-refractivity contribution in [3.05, 3.63) is 0 Å². The predicted octanol–water partition coefficient (Wildman–Crippen LogP) is 4.09. The second-order valence-corrected chi connectivity index (χ2v) is 7.69. The molecule has 1 saturated heterocycles. The highest BCUT2D eigenvalue weighted by Crippen LogP contribution is 2.38. The minimum Gasteiger partial charge on any atom is -0.306 e. The minimum absolute atomic E-state index is 0.206. The van der Waals surface area contributed by atoms with Crippen molar-refractivity contribution < 1.29 is 0 Å². The van der Waals surface area contributed by atoms with E-state index in [9.17, 15) is 0 Å². The van der Waals surface area contributed by atoms with Crippen LogP contribution in [0.3, 0.4) is 0 Å². The van der Waals surface area contributed by atoms with E-state index in [1.54, 1.807) is 0 Å². The molecule has 4 unspecified atom stereocenters. The first kappa shape index (κ1) is 15.4. The summed E-state index contributed by atoms with van der Waals surface area (Å²) in [7, 11) is 2.27. The molecule has 0 radical (unpaired) electrons. The zero-order valence-electron chi connectivity index (χ0n) is 12.4. The Labute approximate surface area is 114 Å². The van der Waals surface area contributed by atoms with Crippen LogP contribution in [-0.2, 0) is 0 Å². The SMILES string of the molecule is CCC(C)CC1CN(C)CCC(C)CC1(C)S. The molecule has 0 aliphatic carbocycles. The van der Waals surface area contributed by atoms with Gasteiger partial charge < -0.3 is 4.90 Å². The van der Waals surface area contributed by atoms with Gasteiger partial charge in [-0.3, -0.25) is 0 Å². The number of hydrogen-bond acceptors (Lipinski definition) is 2. The summed E-state index contributed by atoms with van der Waals surface area (Å²) in [5.74, 6) is 2.36. The number of nitrogens with zero attached hydrogens (tertiary/aromatic N) is 1. The maximum absolute atomic E-state index is 5.02. The Kier molecular flexibility index (Phi) is 5.85. The van der Waals surface area contributed by atoms with Crippen molar-refractivity contribution in [1.82, 2.24) is 4.90 Å². The summed E-state index contributed by atoms with van der Waals surface area (Å²) < 4.78 is 0.206. The van der Waals surface area contributed by atoms with Crippen LogP contribution in [-0.4, -0.2) is 29.8 Å². The Balaban J connectivity index is 2.72. The van der Waals surface area contributed by atoms with Gasteiger partial charge in [0.1, 0.15) is 0 Å². The summed E-state index contributed by atoms with van der Waals surface area (Å²) in [4.78, 5) is 2.51. The van der Waals surface area contributed by atoms with Crippen molar-refractivity contribution in [2.75, 3.05) is 20.1 Å². The fraction of sp³-hybridized carbons (Fsp3) is 1.00. The van der Waals surface area contributed by atoms with Crippen LogP contribution >= 0.6 is 12.6 Å². The van der Waals surface area contributed by atoms with Crippen LogP contribution in [0.15, 0.2) is 0 Å². The van der Waals surface area contributed by atoms with Crippen LogP contribution < -0.4 is 0 Å². The lowest BCUT2D eigenvalue weighted by molar-refractivity contribution is 0.164. The van der Waals surface area contributed by atoms with Crippen molar-refractivity contribution in [2.24, 2.45) is 17.8 Å². The Hall–Kier alpha value is 0.310. The molecule has 0 aromatic heterocycles. The lowest BCUT2D eigenvalue weighted by Gasteiger charge is -2.41. The molecule has 1 heterocycles. The summed E-state index contributed by atoms with van der Waals surface area (Å²) in [6, 6.07) is 0. The highest BCUT2D eigenvalue weighted by atomic mass is 32.1. The molecule has 1 aliphatic heterocycles. The first-order chi connectivity index (χ1) is 7.85. The Morgan fingerprint density at radius 1 is 1.47 bits per heavy atom. The first-order valence-corrected chi connectivity index (χ1v) is 7.70. The molecule has 0 bridgehead atoms. The predicted molar refractivity (Wildman–Crippen MR) is 80.8 cm³/mol. The van der Waals surface area contributed by atoms with Crippen molar-refractivity contribution in [1.29, 1.82) is 0 Å². The molecule has 0 spiro atoms. The second-order valence-electron chi connectivity index (χ2n) is 6.66. The maximum Gasteiger partial charge on any atom is 0.0144 e. The molecule has 4 atom stereocenters. The normalized spacial score (nSPS) is 38.5. The summed E-state index contributed by atoms with van der Waals surface area (Å²) in [5.41, 5.74) is 0. The molecule has 0 aromatic carbocycles. The third kappa shape index (κ3) is 4.82. The Bertz CT molecular complexity index is 225. The maximum atomic E-state index is 5.02. The number of thiol groups is 1. The number of likely N-dealkylation sites (tertiary alicyclic amines) is 1. The van der Waals surface area contributed by atoms with Crippen molar-refractivity contribution in [3.63, 3.8) is 0 Å². The lowest BCUT2D eigenvalue weighted by Crippen LogP contribution is -2.42. The quantitative estimate of drug-likeness (QED) is 0.745. The summed E-state index contributed by atoms with van der Waals surface area (Å²) in [6.07, 6.45) is 5.21. The van der Waals surface area contributed by atoms with E-state index in [2.05, 4.69) is 39.6 Å². The van der Waals surface area contributed by atoms with Crippen molar-refractivity contribution in [2.45, 2.75) is 58.1 Å². The molecule has 0 amide bonds. The first-order valence-electron chi connectivity index (χ1n) is 7.26. The summed E-state index contributed by atoms with van der Waals surface area (Å²) in [5, 5.41) is 0. The van der Waals surface area contributed by atoms with Gasteiger partial charge in [0, 0.05) is 11.3 Å². The van der Waals surface area contributed by atoms with E-state index in [-0.39, 0.29) is 4.75 Å². The monoisotopic (exact) mass is 257 g/mol. The van der Waals surface area contributed by atoms with Gasteiger partial charge in [0.15, 0.2) is 0 Å². The molecule has 0 N–H and O–H groups in total. The van der Waals surface area contributed by atoms with Gasteiger partial charge in [0.05, 0.1) is 0 Å². The molecule has 1 aliphatic rings. The van der Waals surface area contributed by atoms with E-state index >= 15 is 0 Å². The van der Waals surface area contributed by atoms with Crippen LogP contribution in [0.1, 0.15) is 53.4 Å². The van der Waals surface area contributed by atoms with Crippen LogP contribution in [0.4, 0.5) is 0 Å². The molecule has 102 valence electrons. The van der Waals surface area contributed by atoms with Crippen LogP contribution in [0.5, 0.6) is 0 Å². The standard InChI is InChI=1S/C15H31NS/c1-6-12(2)9-14-11-16(5)8-7-13(3)10-15(14,4)17/h12-14,17H,6-11H2,1-5H3. The molecular formula is C15H31NS. The van der Waals surface area contributed by atoms with Gasteiger partial charge in [-0.05, 0) is 50.6 Å². The zero-order chi connectivity index (χ0) is 13.1. The van der Waals surface area contributed by atoms with Crippen LogP contribution in [0.25, 0.3) is 0 Å².